The second-order valence-corrected chi connectivity index (χ2v) is 8.28. The molecule has 0 saturated heterocycles. The number of halogens is 1. The van der Waals surface area contributed by atoms with Gasteiger partial charge in [0.05, 0.1) is 19.8 Å². The van der Waals surface area contributed by atoms with Crippen LogP contribution in [0.2, 0.25) is 0 Å². The number of rotatable bonds is 8. The summed E-state index contributed by atoms with van der Waals surface area (Å²) >= 11 is 1.33. The van der Waals surface area contributed by atoms with Gasteiger partial charge in [0.2, 0.25) is 5.91 Å². The Kier molecular flexibility index (Phi) is 7.38. The molecule has 2 aromatic rings. The minimum Gasteiger partial charge on any atom is -0.353 e. The fraction of sp³-hybridized carbons (Fsp3) is 0.526. The third-order valence-corrected chi connectivity index (χ3v) is 5.65. The number of hydrogen-bond acceptors (Lipinski definition) is 4. The molecule has 27 heavy (non-hydrogen) atoms. The van der Waals surface area contributed by atoms with Gasteiger partial charge in [-0.3, -0.25) is 9.36 Å². The Bertz CT molecular complexity index is 760. The number of thioether (sulfide) groups is 1. The fourth-order valence-electron chi connectivity index (χ4n) is 2.34. The minimum atomic E-state index is -0.295. The van der Waals surface area contributed by atoms with Crippen LogP contribution in [0.5, 0.6) is 0 Å². The lowest BCUT2D eigenvalue weighted by atomic mass is 10.1. The summed E-state index contributed by atoms with van der Waals surface area (Å²) in [6.45, 7) is 8.19. The Labute approximate surface area is 164 Å². The molecule has 2 atom stereocenters. The second kappa shape index (κ2) is 9.32. The van der Waals surface area contributed by atoms with E-state index >= 15 is 0 Å². The quantitative estimate of drug-likeness (QED) is 0.671. The number of carbonyl (C=O) groups excluding carboxylic acids is 1. The van der Waals surface area contributed by atoms with Crippen molar-refractivity contribution >= 4 is 17.7 Å². The van der Waals surface area contributed by atoms with Crippen LogP contribution in [0.15, 0.2) is 29.4 Å². The maximum Gasteiger partial charge on any atom is 0.230 e. The van der Waals surface area contributed by atoms with Crippen molar-refractivity contribution in [3.05, 3.63) is 35.9 Å². The second-order valence-electron chi connectivity index (χ2n) is 7.34. The Balaban J connectivity index is 2.26. The summed E-state index contributed by atoms with van der Waals surface area (Å²) in [4.78, 5) is 13.4. The Morgan fingerprint density at radius 3 is 2.37 bits per heavy atom. The lowest BCUT2D eigenvalue weighted by Crippen LogP contribution is -3.05. The molecule has 0 spiro atoms. The van der Waals surface area contributed by atoms with Crippen molar-refractivity contribution in [3.8, 4) is 5.69 Å². The summed E-state index contributed by atoms with van der Waals surface area (Å²) < 4.78 is 15.3. The molecule has 1 aromatic heterocycles. The zero-order valence-electron chi connectivity index (χ0n) is 16.8. The molecule has 2 N–H and O–H groups in total. The number of quaternary nitrogens is 1. The molecular weight excluding hydrogens is 365 g/mol. The van der Waals surface area contributed by atoms with E-state index in [-0.39, 0.29) is 29.6 Å². The van der Waals surface area contributed by atoms with Crippen LogP contribution in [0.25, 0.3) is 5.69 Å². The number of carbonyl (C=O) groups is 1. The van der Waals surface area contributed by atoms with Crippen molar-refractivity contribution in [1.82, 2.24) is 20.1 Å². The highest BCUT2D eigenvalue weighted by atomic mass is 32.2. The van der Waals surface area contributed by atoms with Gasteiger partial charge in [0.15, 0.2) is 11.0 Å². The maximum absolute atomic E-state index is 13.4. The summed E-state index contributed by atoms with van der Waals surface area (Å²) in [7, 11) is 4.09. The van der Waals surface area contributed by atoms with E-state index in [0.29, 0.717) is 11.1 Å². The first-order chi connectivity index (χ1) is 12.7. The van der Waals surface area contributed by atoms with E-state index in [0.717, 1.165) is 11.5 Å². The van der Waals surface area contributed by atoms with Crippen LogP contribution >= 0.6 is 11.8 Å². The van der Waals surface area contributed by atoms with Crippen LogP contribution in [0.3, 0.4) is 0 Å². The van der Waals surface area contributed by atoms with Gasteiger partial charge in [0.25, 0.3) is 0 Å². The van der Waals surface area contributed by atoms with Crippen molar-refractivity contribution in [2.24, 2.45) is 5.92 Å². The molecule has 148 valence electrons. The summed E-state index contributed by atoms with van der Waals surface area (Å²) in [6, 6.07) is 6.43. The summed E-state index contributed by atoms with van der Waals surface area (Å²) in [5.41, 5.74) is 0.781. The molecule has 0 aliphatic rings. The fourth-order valence-corrected chi connectivity index (χ4v) is 3.11. The van der Waals surface area contributed by atoms with Gasteiger partial charge < -0.3 is 10.2 Å². The molecule has 8 heteroatoms. The molecule has 0 unspecified atom stereocenters. The van der Waals surface area contributed by atoms with Gasteiger partial charge in [-0.15, -0.1) is 10.2 Å². The van der Waals surface area contributed by atoms with Crippen molar-refractivity contribution in [3.63, 3.8) is 0 Å². The monoisotopic (exact) mass is 394 g/mol. The van der Waals surface area contributed by atoms with E-state index in [1.54, 1.807) is 12.1 Å². The largest absolute Gasteiger partial charge is 0.353 e. The van der Waals surface area contributed by atoms with E-state index in [2.05, 4.69) is 36.3 Å². The summed E-state index contributed by atoms with van der Waals surface area (Å²) in [5.74, 6) is 1.07. The summed E-state index contributed by atoms with van der Waals surface area (Å²) in [6.07, 6.45) is 0. The van der Waals surface area contributed by atoms with Crippen LogP contribution in [-0.4, -0.2) is 46.6 Å². The highest BCUT2D eigenvalue weighted by Crippen LogP contribution is 2.24. The van der Waals surface area contributed by atoms with Gasteiger partial charge in [0, 0.05) is 11.7 Å². The normalized spacial score (nSPS) is 13.8. The van der Waals surface area contributed by atoms with Crippen molar-refractivity contribution in [1.29, 1.82) is 0 Å². The predicted octanol–water partition coefficient (Wildman–Crippen LogP) is 1.86. The molecule has 0 bridgehead atoms. The number of amides is 1. The maximum atomic E-state index is 13.4. The lowest BCUT2D eigenvalue weighted by molar-refractivity contribution is -0.890. The third kappa shape index (κ3) is 5.52. The lowest BCUT2D eigenvalue weighted by Gasteiger charge is -2.18. The van der Waals surface area contributed by atoms with Crippen LogP contribution in [0.4, 0.5) is 4.39 Å². The molecule has 2 rings (SSSR count). The van der Waals surface area contributed by atoms with Gasteiger partial charge >= 0.3 is 0 Å². The van der Waals surface area contributed by atoms with E-state index in [4.69, 9.17) is 0 Å². The first-order valence-electron chi connectivity index (χ1n) is 9.14. The highest BCUT2D eigenvalue weighted by molar-refractivity contribution is 7.99. The average molecular weight is 395 g/mol. The van der Waals surface area contributed by atoms with Crippen LogP contribution in [-0.2, 0) is 4.79 Å². The molecule has 0 radical (unpaired) electrons. The average Bonchev–Trinajstić information content (AvgIpc) is 3.03. The molecule has 0 aliphatic carbocycles. The minimum absolute atomic E-state index is 0.0392. The summed E-state index contributed by atoms with van der Waals surface area (Å²) in [5, 5.41) is 12.3. The van der Waals surface area contributed by atoms with Crippen LogP contribution in [0.1, 0.15) is 39.6 Å². The number of aromatic nitrogens is 3. The predicted molar refractivity (Wildman–Crippen MR) is 106 cm³/mol. The molecule has 6 nitrogen and oxygen atoms in total. The molecule has 1 aromatic carbocycles. The first kappa shape index (κ1) is 21.4. The Morgan fingerprint density at radius 1 is 1.19 bits per heavy atom. The Hall–Kier alpha value is -1.93. The smallest absolute Gasteiger partial charge is 0.230 e. The molecule has 1 heterocycles. The first-order valence-corrected chi connectivity index (χ1v) is 10.1. The standard InChI is InChI=1S/C19H28FN5OS/c1-12(2)13(3)21-17(26)11-27-19-23-22-18(14(4)24(5)6)25(19)16-9-7-15(20)8-10-16/h7-10,12-14H,11H2,1-6H3,(H,21,26)/p+1/t13-,14+/m1/s1. The van der Waals surface area contributed by atoms with Gasteiger partial charge in [-0.25, -0.2) is 4.39 Å². The SMILES string of the molecule is CC(C)[C@@H](C)NC(=O)CSc1nnc([C@H](C)[NH+](C)C)n1-c1ccc(F)cc1. The van der Waals surface area contributed by atoms with Gasteiger partial charge in [-0.2, -0.15) is 0 Å². The van der Waals surface area contributed by atoms with Crippen LogP contribution < -0.4 is 10.2 Å². The van der Waals surface area contributed by atoms with Crippen molar-refractivity contribution < 1.29 is 14.1 Å². The molecule has 0 aliphatic heterocycles. The molecule has 1 amide bonds. The topological polar surface area (TPSA) is 64.2 Å². The zero-order chi connectivity index (χ0) is 20.1. The molecular formula is C19H29FN5OS+. The van der Waals surface area contributed by atoms with Gasteiger partial charge in [-0.1, -0.05) is 25.6 Å². The van der Waals surface area contributed by atoms with E-state index in [1.807, 2.05) is 25.6 Å². The highest BCUT2D eigenvalue weighted by Gasteiger charge is 2.24. The number of hydrogen-bond donors (Lipinski definition) is 2. The van der Waals surface area contributed by atoms with Crippen LogP contribution in [0, 0.1) is 11.7 Å². The van der Waals surface area contributed by atoms with E-state index < -0.39 is 0 Å². The van der Waals surface area contributed by atoms with Gasteiger partial charge in [-0.05, 0) is 44.0 Å². The van der Waals surface area contributed by atoms with Gasteiger partial charge in [0.1, 0.15) is 11.9 Å². The number of nitrogens with zero attached hydrogens (tertiary/aromatic N) is 3. The molecule has 0 fully saturated rings. The number of nitrogens with one attached hydrogen (secondary N) is 2. The van der Waals surface area contributed by atoms with Crippen molar-refractivity contribution in [2.75, 3.05) is 19.8 Å². The zero-order valence-corrected chi connectivity index (χ0v) is 17.6. The Morgan fingerprint density at radius 2 is 1.81 bits per heavy atom. The van der Waals surface area contributed by atoms with E-state index in [1.165, 1.54) is 28.8 Å². The van der Waals surface area contributed by atoms with Crippen molar-refractivity contribution in [2.45, 2.75) is 44.9 Å². The van der Waals surface area contributed by atoms with E-state index in [9.17, 15) is 9.18 Å². The number of benzene rings is 1. The molecule has 0 saturated carbocycles. The third-order valence-electron chi connectivity index (χ3n) is 4.72.